The average Bonchev–Trinajstić information content (AvgIpc) is 2.91. The number of aromatic nitrogens is 2. The fourth-order valence-electron chi connectivity index (χ4n) is 1.46. The summed E-state index contributed by atoms with van der Waals surface area (Å²) in [6.45, 7) is 0.857. The first-order valence-electron chi connectivity index (χ1n) is 5.87. The lowest BCUT2D eigenvalue weighted by molar-refractivity contribution is 0.106. The molecule has 2 aromatic rings. The van der Waals surface area contributed by atoms with Crippen molar-refractivity contribution in [3.63, 3.8) is 0 Å². The van der Waals surface area contributed by atoms with Gasteiger partial charge in [0.25, 0.3) is 0 Å². The van der Waals surface area contributed by atoms with Gasteiger partial charge in [0.2, 0.25) is 6.39 Å². The molecule has 0 saturated carbocycles. The molecule has 0 spiro atoms. The predicted molar refractivity (Wildman–Crippen MR) is 74.0 cm³/mol. The zero-order valence-electron chi connectivity index (χ0n) is 10.4. The second kappa shape index (κ2) is 7.44. The van der Waals surface area contributed by atoms with E-state index in [1.807, 2.05) is 0 Å². The van der Waals surface area contributed by atoms with Gasteiger partial charge in [0, 0.05) is 11.6 Å². The summed E-state index contributed by atoms with van der Waals surface area (Å²) in [6.07, 6.45) is 0.563. The molecule has 0 amide bonds. The van der Waals surface area contributed by atoms with Crippen LogP contribution >= 0.6 is 23.2 Å². The van der Waals surface area contributed by atoms with Gasteiger partial charge in [-0.15, -0.1) is 0 Å². The Bertz CT molecular complexity index is 537. The second-order valence-electron chi connectivity index (χ2n) is 4.02. The van der Waals surface area contributed by atoms with E-state index in [4.69, 9.17) is 27.9 Å². The van der Waals surface area contributed by atoms with Crippen molar-refractivity contribution in [2.24, 2.45) is 0 Å². The monoisotopic (exact) mass is 317 g/mol. The molecule has 0 saturated heterocycles. The standard InChI is InChI=1S/C12H13Cl2N3O3/c13-8-1-2-11(10(14)3-8)19-6-9(18)4-15-5-12-16-7-20-17-12/h1-3,7,9,15,18H,4-6H2. The number of rotatable bonds is 7. The van der Waals surface area contributed by atoms with Crippen molar-refractivity contribution in [3.05, 3.63) is 40.5 Å². The van der Waals surface area contributed by atoms with Gasteiger partial charge in [-0.3, -0.25) is 0 Å². The maximum atomic E-state index is 9.76. The van der Waals surface area contributed by atoms with E-state index in [1.54, 1.807) is 18.2 Å². The molecule has 1 aromatic carbocycles. The average molecular weight is 318 g/mol. The summed E-state index contributed by atoms with van der Waals surface area (Å²) >= 11 is 11.7. The fourth-order valence-corrected chi connectivity index (χ4v) is 1.92. The molecule has 0 radical (unpaired) electrons. The minimum absolute atomic E-state index is 0.112. The summed E-state index contributed by atoms with van der Waals surface area (Å²) in [7, 11) is 0. The van der Waals surface area contributed by atoms with Crippen molar-refractivity contribution in [1.29, 1.82) is 0 Å². The highest BCUT2D eigenvalue weighted by molar-refractivity contribution is 6.35. The molecule has 2 N–H and O–H groups in total. The third-order valence-corrected chi connectivity index (χ3v) is 2.93. The summed E-state index contributed by atoms with van der Waals surface area (Å²) in [5, 5.41) is 17.3. The van der Waals surface area contributed by atoms with E-state index < -0.39 is 6.10 Å². The minimum atomic E-state index is -0.686. The van der Waals surface area contributed by atoms with Gasteiger partial charge >= 0.3 is 0 Å². The molecule has 1 atom stereocenters. The van der Waals surface area contributed by atoms with Crippen LogP contribution in [0.5, 0.6) is 5.75 Å². The number of benzene rings is 1. The van der Waals surface area contributed by atoms with Crippen LogP contribution in [-0.2, 0) is 6.54 Å². The first kappa shape index (κ1) is 15.1. The Morgan fingerprint density at radius 3 is 2.95 bits per heavy atom. The van der Waals surface area contributed by atoms with Crippen molar-refractivity contribution in [1.82, 2.24) is 15.5 Å². The zero-order chi connectivity index (χ0) is 14.4. The van der Waals surface area contributed by atoms with Gasteiger partial charge < -0.3 is 19.7 Å². The molecule has 2 rings (SSSR count). The highest BCUT2D eigenvalue weighted by Crippen LogP contribution is 2.27. The number of hydrogen-bond acceptors (Lipinski definition) is 6. The Morgan fingerprint density at radius 2 is 2.25 bits per heavy atom. The van der Waals surface area contributed by atoms with Crippen LogP contribution in [0.1, 0.15) is 5.82 Å². The summed E-state index contributed by atoms with van der Waals surface area (Å²) in [5.41, 5.74) is 0. The van der Waals surface area contributed by atoms with Gasteiger partial charge in [-0.05, 0) is 18.2 Å². The van der Waals surface area contributed by atoms with Crippen LogP contribution in [0.15, 0.2) is 29.1 Å². The number of nitrogens with one attached hydrogen (secondary N) is 1. The summed E-state index contributed by atoms with van der Waals surface area (Å²) in [5.74, 6) is 1.01. The molecule has 0 aliphatic rings. The Kier molecular flexibility index (Phi) is 5.60. The van der Waals surface area contributed by atoms with E-state index >= 15 is 0 Å². The van der Waals surface area contributed by atoms with Gasteiger partial charge in [0.1, 0.15) is 18.5 Å². The largest absolute Gasteiger partial charge is 0.489 e. The Morgan fingerprint density at radius 1 is 1.40 bits per heavy atom. The molecule has 1 unspecified atom stereocenters. The van der Waals surface area contributed by atoms with E-state index in [-0.39, 0.29) is 6.61 Å². The number of nitrogens with zero attached hydrogens (tertiary/aromatic N) is 2. The zero-order valence-corrected chi connectivity index (χ0v) is 11.9. The van der Waals surface area contributed by atoms with Crippen LogP contribution in [0.3, 0.4) is 0 Å². The summed E-state index contributed by atoms with van der Waals surface area (Å²) in [6, 6.07) is 4.91. The van der Waals surface area contributed by atoms with Crippen LogP contribution in [0.25, 0.3) is 0 Å². The quantitative estimate of drug-likeness (QED) is 0.812. The number of ether oxygens (including phenoxy) is 1. The SMILES string of the molecule is OC(CNCc1ncon1)COc1ccc(Cl)cc1Cl. The van der Waals surface area contributed by atoms with Crippen LogP contribution in [0.2, 0.25) is 10.0 Å². The smallest absolute Gasteiger partial charge is 0.213 e. The van der Waals surface area contributed by atoms with Gasteiger partial charge in [-0.25, -0.2) is 0 Å². The van der Waals surface area contributed by atoms with Crippen molar-refractivity contribution in [3.8, 4) is 5.75 Å². The van der Waals surface area contributed by atoms with Crippen molar-refractivity contribution >= 4 is 23.2 Å². The molecule has 8 heteroatoms. The Labute approximate surface area is 125 Å². The first-order valence-corrected chi connectivity index (χ1v) is 6.62. The molecule has 20 heavy (non-hydrogen) atoms. The second-order valence-corrected chi connectivity index (χ2v) is 4.86. The van der Waals surface area contributed by atoms with E-state index in [0.717, 1.165) is 0 Å². The third kappa shape index (κ3) is 4.64. The van der Waals surface area contributed by atoms with Gasteiger partial charge in [0.15, 0.2) is 5.82 Å². The lowest BCUT2D eigenvalue weighted by Gasteiger charge is -2.13. The topological polar surface area (TPSA) is 80.4 Å². The number of aliphatic hydroxyl groups is 1. The van der Waals surface area contributed by atoms with E-state index in [2.05, 4.69) is 20.0 Å². The maximum Gasteiger partial charge on any atom is 0.213 e. The number of hydrogen-bond donors (Lipinski definition) is 2. The van der Waals surface area contributed by atoms with Gasteiger partial charge in [-0.2, -0.15) is 4.98 Å². The lowest BCUT2D eigenvalue weighted by Crippen LogP contribution is -2.31. The van der Waals surface area contributed by atoms with Crippen molar-refractivity contribution < 1.29 is 14.4 Å². The van der Waals surface area contributed by atoms with Crippen LogP contribution < -0.4 is 10.1 Å². The molecule has 0 bridgehead atoms. The highest BCUT2D eigenvalue weighted by Gasteiger charge is 2.08. The van der Waals surface area contributed by atoms with Crippen LogP contribution in [-0.4, -0.2) is 34.5 Å². The van der Waals surface area contributed by atoms with Crippen molar-refractivity contribution in [2.75, 3.05) is 13.2 Å². The molecule has 0 aliphatic heterocycles. The lowest BCUT2D eigenvalue weighted by atomic mass is 10.3. The summed E-state index contributed by atoms with van der Waals surface area (Å²) < 4.78 is 10.00. The molecule has 1 heterocycles. The van der Waals surface area contributed by atoms with E-state index in [0.29, 0.717) is 34.7 Å². The first-order chi connectivity index (χ1) is 9.65. The molecule has 1 aromatic heterocycles. The number of halogens is 2. The van der Waals surface area contributed by atoms with Gasteiger partial charge in [0.05, 0.1) is 11.6 Å². The number of aliphatic hydroxyl groups excluding tert-OH is 1. The molecule has 0 fully saturated rings. The molecular formula is C12H13Cl2N3O3. The predicted octanol–water partition coefficient (Wildman–Crippen LogP) is 1.91. The minimum Gasteiger partial charge on any atom is -0.489 e. The van der Waals surface area contributed by atoms with Crippen molar-refractivity contribution in [2.45, 2.75) is 12.6 Å². The van der Waals surface area contributed by atoms with E-state index in [1.165, 1.54) is 6.39 Å². The fraction of sp³-hybridized carbons (Fsp3) is 0.333. The Balaban J connectivity index is 1.70. The molecule has 0 aliphatic carbocycles. The molecule has 108 valence electrons. The maximum absolute atomic E-state index is 9.76. The van der Waals surface area contributed by atoms with Crippen LogP contribution in [0.4, 0.5) is 0 Å². The molecule has 6 nitrogen and oxygen atoms in total. The Hall–Kier alpha value is -1.34. The third-order valence-electron chi connectivity index (χ3n) is 2.40. The summed E-state index contributed by atoms with van der Waals surface area (Å²) in [4.78, 5) is 3.84. The normalized spacial score (nSPS) is 12.3. The highest BCUT2D eigenvalue weighted by atomic mass is 35.5. The molecular weight excluding hydrogens is 305 g/mol. The van der Waals surface area contributed by atoms with Gasteiger partial charge in [-0.1, -0.05) is 28.4 Å². The van der Waals surface area contributed by atoms with E-state index in [9.17, 15) is 5.11 Å². The van der Waals surface area contributed by atoms with Crippen LogP contribution in [0, 0.1) is 0 Å².